The van der Waals surface area contributed by atoms with Crippen molar-refractivity contribution in [3.8, 4) is 5.75 Å². The van der Waals surface area contributed by atoms with E-state index < -0.39 is 16.1 Å². The average Bonchev–Trinajstić information content (AvgIpc) is 2.74. The number of benzene rings is 1. The molecular weight excluding hydrogens is 446 g/mol. The topological polar surface area (TPSA) is 117 Å². The van der Waals surface area contributed by atoms with Crippen LogP contribution in [-0.4, -0.2) is 82.2 Å². The molecule has 0 aromatic heterocycles. The number of carbonyl (C=O) groups is 1. The maximum atomic E-state index is 13.7. The fourth-order valence-electron chi connectivity index (χ4n) is 3.89. The molecule has 0 unspecified atom stereocenters. The van der Waals surface area contributed by atoms with Crippen molar-refractivity contribution in [3.63, 3.8) is 0 Å². The van der Waals surface area contributed by atoms with Crippen molar-refractivity contribution >= 4 is 21.6 Å². The molecule has 1 aliphatic heterocycles. The van der Waals surface area contributed by atoms with Crippen LogP contribution < -0.4 is 14.8 Å². The summed E-state index contributed by atoms with van der Waals surface area (Å²) in [4.78, 5) is 15.4. The van der Waals surface area contributed by atoms with E-state index in [4.69, 9.17) is 9.47 Å². The number of aliphatic hydroxyl groups excluding tert-OH is 1. The molecule has 1 aromatic carbocycles. The van der Waals surface area contributed by atoms with Crippen molar-refractivity contribution in [2.24, 2.45) is 5.92 Å². The lowest BCUT2D eigenvalue weighted by Crippen LogP contribution is -2.47. The molecule has 0 bridgehead atoms. The third-order valence-electron chi connectivity index (χ3n) is 5.76. The highest BCUT2D eigenvalue weighted by Gasteiger charge is 2.29. The fraction of sp³-hybridized carbons (Fsp3) is 0.696. The van der Waals surface area contributed by atoms with E-state index in [1.165, 1.54) is 6.07 Å². The third kappa shape index (κ3) is 8.44. The monoisotopic (exact) mass is 485 g/mol. The van der Waals surface area contributed by atoms with Crippen LogP contribution in [0.5, 0.6) is 5.75 Å². The maximum Gasteiger partial charge on any atom is 0.258 e. The zero-order chi connectivity index (χ0) is 24.6. The first-order chi connectivity index (χ1) is 15.6. The minimum Gasteiger partial charge on any atom is -0.490 e. The molecule has 2 rings (SSSR count). The fourth-order valence-corrected chi connectivity index (χ4v) is 4.45. The number of aliphatic hydroxyl groups is 1. The Balaban J connectivity index is 2.51. The van der Waals surface area contributed by atoms with Crippen molar-refractivity contribution in [1.29, 1.82) is 0 Å². The second kappa shape index (κ2) is 12.5. The van der Waals surface area contributed by atoms with Crippen LogP contribution >= 0.6 is 0 Å². The molecule has 188 valence electrons. The van der Waals surface area contributed by atoms with E-state index in [1.54, 1.807) is 24.0 Å². The van der Waals surface area contributed by atoms with Crippen LogP contribution in [0.1, 0.15) is 50.4 Å². The van der Waals surface area contributed by atoms with Gasteiger partial charge in [-0.15, -0.1) is 0 Å². The first-order valence-corrected chi connectivity index (χ1v) is 13.4. The highest BCUT2D eigenvalue weighted by molar-refractivity contribution is 7.92. The summed E-state index contributed by atoms with van der Waals surface area (Å²) in [5.74, 6) is 0.0661. The SMILES string of the molecule is CNC[C@H]1OCCCC[C@H](C)Oc2ccc(NS(C)(=O)=O)cc2C(=O)N([C@H](C)CO)C[C@@H]1C. The molecule has 3 N–H and O–H groups in total. The Labute approximate surface area is 197 Å². The van der Waals surface area contributed by atoms with Crippen LogP contribution in [0.15, 0.2) is 18.2 Å². The van der Waals surface area contributed by atoms with Crippen molar-refractivity contribution < 1.29 is 27.8 Å². The van der Waals surface area contributed by atoms with Crippen LogP contribution in [-0.2, 0) is 14.8 Å². The van der Waals surface area contributed by atoms with Gasteiger partial charge in [-0.2, -0.15) is 0 Å². The molecule has 1 heterocycles. The number of anilines is 1. The molecule has 0 fully saturated rings. The first kappa shape index (κ1) is 27.4. The van der Waals surface area contributed by atoms with Gasteiger partial charge < -0.3 is 24.8 Å². The second-order valence-electron chi connectivity index (χ2n) is 8.94. The van der Waals surface area contributed by atoms with Gasteiger partial charge in [0.05, 0.1) is 36.7 Å². The Kier molecular flexibility index (Phi) is 10.4. The lowest BCUT2D eigenvalue weighted by Gasteiger charge is -2.34. The number of likely N-dealkylation sites (N-methyl/N-ethyl adjacent to an activating group) is 1. The number of sulfonamides is 1. The summed E-state index contributed by atoms with van der Waals surface area (Å²) in [6.45, 7) is 7.20. The second-order valence-corrected chi connectivity index (χ2v) is 10.7. The van der Waals surface area contributed by atoms with E-state index in [9.17, 15) is 18.3 Å². The van der Waals surface area contributed by atoms with E-state index in [-0.39, 0.29) is 41.9 Å². The number of rotatable bonds is 6. The van der Waals surface area contributed by atoms with E-state index in [0.29, 0.717) is 25.4 Å². The number of fused-ring (bicyclic) bond motifs is 1. The van der Waals surface area contributed by atoms with Crippen molar-refractivity contribution in [1.82, 2.24) is 10.2 Å². The summed E-state index contributed by atoms with van der Waals surface area (Å²) < 4.78 is 38.2. The van der Waals surface area contributed by atoms with Crippen molar-refractivity contribution in [3.05, 3.63) is 23.8 Å². The predicted octanol–water partition coefficient (Wildman–Crippen LogP) is 2.07. The van der Waals surface area contributed by atoms with Gasteiger partial charge in [-0.3, -0.25) is 9.52 Å². The van der Waals surface area contributed by atoms with Gasteiger partial charge >= 0.3 is 0 Å². The largest absolute Gasteiger partial charge is 0.490 e. The van der Waals surface area contributed by atoms with E-state index in [1.807, 2.05) is 20.9 Å². The highest BCUT2D eigenvalue weighted by atomic mass is 32.2. The van der Waals surface area contributed by atoms with Gasteiger partial charge in [0.15, 0.2) is 0 Å². The highest BCUT2D eigenvalue weighted by Crippen LogP contribution is 2.28. The molecule has 33 heavy (non-hydrogen) atoms. The molecule has 0 spiro atoms. The predicted molar refractivity (Wildman–Crippen MR) is 129 cm³/mol. The molecular formula is C23H39N3O6S. The van der Waals surface area contributed by atoms with Crippen molar-refractivity contribution in [2.75, 3.05) is 44.3 Å². The number of nitrogens with one attached hydrogen (secondary N) is 2. The van der Waals surface area contributed by atoms with Crippen molar-refractivity contribution in [2.45, 2.75) is 58.3 Å². The van der Waals surface area contributed by atoms with E-state index in [0.717, 1.165) is 25.5 Å². The van der Waals surface area contributed by atoms with Gasteiger partial charge in [0, 0.05) is 31.3 Å². The average molecular weight is 486 g/mol. The Morgan fingerprint density at radius 2 is 2.00 bits per heavy atom. The normalized spacial score (nSPS) is 24.4. The number of hydrogen-bond acceptors (Lipinski definition) is 7. The quantitative estimate of drug-likeness (QED) is 0.565. The molecule has 9 nitrogen and oxygen atoms in total. The summed E-state index contributed by atoms with van der Waals surface area (Å²) in [7, 11) is -1.65. The molecule has 10 heteroatoms. The van der Waals surface area contributed by atoms with Gasteiger partial charge in [0.1, 0.15) is 5.75 Å². The summed E-state index contributed by atoms with van der Waals surface area (Å²) in [5, 5.41) is 13.0. The van der Waals surface area contributed by atoms with Crippen LogP contribution in [0.25, 0.3) is 0 Å². The van der Waals surface area contributed by atoms with Gasteiger partial charge in [-0.05, 0) is 58.4 Å². The van der Waals surface area contributed by atoms with Gasteiger partial charge in [0.2, 0.25) is 10.0 Å². The van der Waals surface area contributed by atoms with Crippen LogP contribution in [0, 0.1) is 5.92 Å². The summed E-state index contributed by atoms with van der Waals surface area (Å²) in [6.07, 6.45) is 3.45. The van der Waals surface area contributed by atoms with Crippen LogP contribution in [0.4, 0.5) is 5.69 Å². The van der Waals surface area contributed by atoms with Crippen LogP contribution in [0.3, 0.4) is 0 Å². The van der Waals surface area contributed by atoms with Gasteiger partial charge in [0.25, 0.3) is 5.91 Å². The smallest absolute Gasteiger partial charge is 0.258 e. The molecule has 1 aliphatic rings. The Morgan fingerprint density at radius 3 is 2.64 bits per heavy atom. The standard InChI is InChI=1S/C23H39N3O6S/c1-16-14-26(17(2)15-27)23(28)20-12-19(25-33(5,29)30)9-10-21(20)32-18(3)8-6-7-11-31-22(16)13-24-4/h9-10,12,16-18,22,24-25,27H,6-8,11,13-15H2,1-5H3/t16-,17+,18-,22+/m0/s1. The Hall–Kier alpha value is -1.88. The molecule has 0 saturated carbocycles. The zero-order valence-corrected chi connectivity index (χ0v) is 21.2. The van der Waals surface area contributed by atoms with E-state index >= 15 is 0 Å². The molecule has 1 amide bonds. The summed E-state index contributed by atoms with van der Waals surface area (Å²) >= 11 is 0. The lowest BCUT2D eigenvalue weighted by molar-refractivity contribution is -0.000450. The maximum absolute atomic E-state index is 13.7. The molecule has 0 saturated heterocycles. The Morgan fingerprint density at radius 1 is 1.27 bits per heavy atom. The minimum atomic E-state index is -3.52. The summed E-state index contributed by atoms with van der Waals surface area (Å²) in [5.41, 5.74) is 0.536. The molecule has 0 radical (unpaired) electrons. The number of ether oxygens (including phenoxy) is 2. The third-order valence-corrected chi connectivity index (χ3v) is 6.37. The van der Waals surface area contributed by atoms with Gasteiger partial charge in [-0.25, -0.2) is 8.42 Å². The van der Waals surface area contributed by atoms with Crippen LogP contribution in [0.2, 0.25) is 0 Å². The number of hydrogen-bond donors (Lipinski definition) is 3. The molecule has 4 atom stereocenters. The molecule has 1 aromatic rings. The first-order valence-electron chi connectivity index (χ1n) is 11.5. The number of amides is 1. The van der Waals surface area contributed by atoms with Gasteiger partial charge in [-0.1, -0.05) is 6.92 Å². The lowest BCUT2D eigenvalue weighted by atomic mass is 10.0. The minimum absolute atomic E-state index is 0.000963. The summed E-state index contributed by atoms with van der Waals surface area (Å²) in [6, 6.07) is 4.27. The Bertz CT molecular complexity index is 879. The zero-order valence-electron chi connectivity index (χ0n) is 20.3. The number of carbonyl (C=O) groups excluding carboxylic acids is 1. The molecule has 0 aliphatic carbocycles. The number of nitrogens with zero attached hydrogens (tertiary/aromatic N) is 1. The van der Waals surface area contributed by atoms with E-state index in [2.05, 4.69) is 10.0 Å².